The van der Waals surface area contributed by atoms with Gasteiger partial charge in [0.1, 0.15) is 0 Å². The fourth-order valence-corrected chi connectivity index (χ4v) is 6.36. The van der Waals surface area contributed by atoms with E-state index in [0.717, 1.165) is 62.9 Å². The highest BCUT2D eigenvalue weighted by Gasteiger charge is 2.47. The van der Waals surface area contributed by atoms with E-state index in [9.17, 15) is 4.79 Å². The van der Waals surface area contributed by atoms with Crippen LogP contribution in [0.3, 0.4) is 0 Å². The lowest BCUT2D eigenvalue weighted by Gasteiger charge is -2.45. The number of nitrogens with zero attached hydrogens (tertiary/aromatic N) is 5. The first-order valence-corrected chi connectivity index (χ1v) is 17.1. The number of esters is 1. The minimum absolute atomic E-state index is 0.0246. The van der Waals surface area contributed by atoms with E-state index in [1.807, 2.05) is 19.1 Å². The molecule has 46 heavy (non-hydrogen) atoms. The summed E-state index contributed by atoms with van der Waals surface area (Å²) in [5.74, 6) is 2.46. The molecule has 1 saturated heterocycles. The molecule has 3 rings (SSSR count). The topological polar surface area (TPSA) is 186 Å². The summed E-state index contributed by atoms with van der Waals surface area (Å²) in [5, 5.41) is 3.23. The van der Waals surface area contributed by atoms with Gasteiger partial charge in [0.05, 0.1) is 18.2 Å². The van der Waals surface area contributed by atoms with Crippen molar-refractivity contribution in [2.24, 2.45) is 61.6 Å². The third-order valence-corrected chi connectivity index (χ3v) is 9.06. The number of benzene rings is 1. The molecule has 1 aromatic carbocycles. The first kappa shape index (κ1) is 36.8. The summed E-state index contributed by atoms with van der Waals surface area (Å²) in [6, 6.07) is 6.23. The number of carbonyl (C=O) groups is 1. The average Bonchev–Trinajstić information content (AvgIpc) is 3.44. The van der Waals surface area contributed by atoms with Crippen LogP contribution in [-0.2, 0) is 4.74 Å². The molecule has 258 valence electrons. The molecule has 0 aliphatic carbocycles. The van der Waals surface area contributed by atoms with Gasteiger partial charge >= 0.3 is 5.97 Å². The van der Waals surface area contributed by atoms with Crippen LogP contribution in [0.2, 0.25) is 0 Å². The molecule has 4 atom stereocenters. The molecule has 2 aliphatic rings. The molecule has 9 N–H and O–H groups in total. The number of fused-ring (bicyclic) bond motifs is 3. The van der Waals surface area contributed by atoms with Crippen molar-refractivity contribution in [1.82, 2.24) is 10.2 Å². The molecule has 4 unspecified atom stereocenters. The third kappa shape index (κ3) is 10.7. The average molecular weight is 641 g/mol. The highest BCUT2D eigenvalue weighted by atomic mass is 16.5. The van der Waals surface area contributed by atoms with Crippen molar-refractivity contribution in [3.63, 3.8) is 0 Å². The van der Waals surface area contributed by atoms with Gasteiger partial charge in [-0.3, -0.25) is 15.0 Å². The molecule has 0 bridgehead atoms. The summed E-state index contributed by atoms with van der Waals surface area (Å²) in [5.41, 5.74) is 26.4. The SMILES string of the molecule is CC(C)CCN=C(N)N1CCC2C1c1cc(C(=O)OCC(C)CCN=C(N)N)ccc1N(C)C2CCCN=C(N)NCCC(C)C. The molecular formula is C34H60N10O2. The number of hydrogen-bond acceptors (Lipinski definition) is 6. The van der Waals surface area contributed by atoms with Crippen molar-refractivity contribution >= 4 is 29.5 Å². The van der Waals surface area contributed by atoms with Crippen LogP contribution >= 0.6 is 0 Å². The van der Waals surface area contributed by atoms with E-state index in [2.05, 4.69) is 65.9 Å². The second-order valence-corrected chi connectivity index (χ2v) is 13.8. The summed E-state index contributed by atoms with van der Waals surface area (Å²) in [4.78, 5) is 31.2. The lowest BCUT2D eigenvalue weighted by molar-refractivity contribution is 0.0445. The van der Waals surface area contributed by atoms with E-state index < -0.39 is 0 Å². The Hall–Kier alpha value is -3.70. The summed E-state index contributed by atoms with van der Waals surface area (Å²) >= 11 is 0. The molecule has 2 aliphatic heterocycles. The van der Waals surface area contributed by atoms with E-state index in [-0.39, 0.29) is 23.9 Å². The number of hydrogen-bond donors (Lipinski definition) is 5. The van der Waals surface area contributed by atoms with Crippen LogP contribution in [0.15, 0.2) is 33.2 Å². The molecule has 12 heteroatoms. The first-order valence-electron chi connectivity index (χ1n) is 17.1. The van der Waals surface area contributed by atoms with Gasteiger partial charge in [-0.05, 0) is 80.0 Å². The Kier molecular flexibility index (Phi) is 14.3. The Morgan fingerprint density at radius 2 is 1.70 bits per heavy atom. The van der Waals surface area contributed by atoms with Gasteiger partial charge in [0.15, 0.2) is 17.9 Å². The standard InChI is InChI=1S/C34H60N10O2/c1-22(2)11-16-41-33(37)40-15-7-8-28-26-14-19-44(34(38)42-17-12-23(3)4)30(26)27-20-25(9-10-29(27)43(28)6)31(45)46-21-24(5)13-18-39-32(35)36/h9-10,20,22-24,26,28,30H,7-8,11-19,21H2,1-6H3,(H2,38,42)(H4,35,36,39)(H3,37,40,41). The number of carbonyl (C=O) groups excluding carboxylic acids is 1. The zero-order valence-corrected chi connectivity index (χ0v) is 29.0. The van der Waals surface area contributed by atoms with E-state index in [4.69, 9.17) is 32.7 Å². The molecule has 0 aromatic heterocycles. The van der Waals surface area contributed by atoms with Gasteiger partial charge in [-0.2, -0.15) is 0 Å². The zero-order valence-electron chi connectivity index (χ0n) is 29.0. The lowest BCUT2D eigenvalue weighted by atomic mass is 9.79. The van der Waals surface area contributed by atoms with Crippen molar-refractivity contribution in [3.05, 3.63) is 29.3 Å². The number of nitrogens with two attached hydrogens (primary N) is 4. The minimum atomic E-state index is -0.335. The molecular weight excluding hydrogens is 580 g/mol. The Bertz CT molecular complexity index is 1210. The van der Waals surface area contributed by atoms with Crippen molar-refractivity contribution < 1.29 is 9.53 Å². The molecule has 12 nitrogen and oxygen atoms in total. The summed E-state index contributed by atoms with van der Waals surface area (Å²) in [6.45, 7) is 14.6. The molecule has 0 spiro atoms. The van der Waals surface area contributed by atoms with Crippen LogP contribution in [0.1, 0.15) is 95.1 Å². The van der Waals surface area contributed by atoms with Gasteiger partial charge in [-0.25, -0.2) is 4.79 Å². The maximum absolute atomic E-state index is 13.2. The van der Waals surface area contributed by atoms with Crippen LogP contribution in [-0.4, -0.2) is 81.2 Å². The quantitative estimate of drug-likeness (QED) is 0.0781. The zero-order chi connectivity index (χ0) is 33.8. The molecule has 0 amide bonds. The molecule has 1 aromatic rings. The normalized spacial score (nSPS) is 20.5. The van der Waals surface area contributed by atoms with Crippen molar-refractivity contribution in [3.8, 4) is 0 Å². The maximum atomic E-state index is 13.2. The van der Waals surface area contributed by atoms with E-state index in [1.165, 1.54) is 0 Å². The van der Waals surface area contributed by atoms with Gasteiger partial charge in [0, 0.05) is 57.4 Å². The number of rotatable bonds is 16. The first-order chi connectivity index (χ1) is 21.9. The van der Waals surface area contributed by atoms with E-state index in [0.29, 0.717) is 67.5 Å². The van der Waals surface area contributed by atoms with Crippen LogP contribution in [0.25, 0.3) is 0 Å². The number of likely N-dealkylation sites (tertiary alicyclic amines) is 1. The van der Waals surface area contributed by atoms with Crippen LogP contribution < -0.4 is 33.2 Å². The molecule has 1 fully saturated rings. The number of nitrogens with one attached hydrogen (secondary N) is 1. The molecule has 0 saturated carbocycles. The highest BCUT2D eigenvalue weighted by molar-refractivity contribution is 5.91. The number of ether oxygens (including phenoxy) is 1. The number of guanidine groups is 3. The monoisotopic (exact) mass is 640 g/mol. The van der Waals surface area contributed by atoms with Gasteiger partial charge in [0.2, 0.25) is 0 Å². The predicted molar refractivity (Wildman–Crippen MR) is 190 cm³/mol. The Morgan fingerprint density at radius 3 is 2.39 bits per heavy atom. The van der Waals surface area contributed by atoms with Crippen LogP contribution in [0, 0.1) is 23.7 Å². The van der Waals surface area contributed by atoms with Gasteiger partial charge in [-0.1, -0.05) is 34.6 Å². The third-order valence-electron chi connectivity index (χ3n) is 9.06. The predicted octanol–water partition coefficient (Wildman–Crippen LogP) is 3.42. The van der Waals surface area contributed by atoms with Gasteiger partial charge in [-0.15, -0.1) is 0 Å². The van der Waals surface area contributed by atoms with Crippen LogP contribution in [0.4, 0.5) is 5.69 Å². The number of aliphatic imine (C=N–C) groups is 3. The van der Waals surface area contributed by atoms with Gasteiger partial charge in [0.25, 0.3) is 0 Å². The van der Waals surface area contributed by atoms with Crippen molar-refractivity contribution in [1.29, 1.82) is 0 Å². The number of anilines is 1. The smallest absolute Gasteiger partial charge is 0.338 e. The Balaban J connectivity index is 1.78. The van der Waals surface area contributed by atoms with E-state index in [1.54, 1.807) is 0 Å². The largest absolute Gasteiger partial charge is 0.462 e. The fraction of sp³-hybridized carbons (Fsp3) is 0.706. The Labute approximate surface area is 276 Å². The summed E-state index contributed by atoms with van der Waals surface area (Å²) in [7, 11) is 2.16. The second kappa shape index (κ2) is 17.9. The molecule has 0 radical (unpaired) electrons. The van der Waals surface area contributed by atoms with Crippen molar-refractivity contribution in [2.75, 3.05) is 51.3 Å². The summed E-state index contributed by atoms with van der Waals surface area (Å²) < 4.78 is 5.72. The fourth-order valence-electron chi connectivity index (χ4n) is 6.36. The van der Waals surface area contributed by atoms with E-state index >= 15 is 0 Å². The summed E-state index contributed by atoms with van der Waals surface area (Å²) in [6.07, 6.45) is 5.65. The highest BCUT2D eigenvalue weighted by Crippen LogP contribution is 2.49. The maximum Gasteiger partial charge on any atom is 0.338 e. The van der Waals surface area contributed by atoms with Gasteiger partial charge < -0.3 is 42.8 Å². The molecule has 2 heterocycles. The van der Waals surface area contributed by atoms with Crippen molar-refractivity contribution in [2.45, 2.75) is 85.2 Å². The minimum Gasteiger partial charge on any atom is -0.462 e. The lowest BCUT2D eigenvalue weighted by Crippen LogP contribution is -2.48. The van der Waals surface area contributed by atoms with Crippen LogP contribution in [0.5, 0.6) is 0 Å². The Morgan fingerprint density at radius 1 is 0.978 bits per heavy atom. The second-order valence-electron chi connectivity index (χ2n) is 13.8.